The van der Waals surface area contributed by atoms with E-state index in [4.69, 9.17) is 4.74 Å². The second-order valence-corrected chi connectivity index (χ2v) is 13.4. The summed E-state index contributed by atoms with van der Waals surface area (Å²) in [5, 5.41) is 3.08. The number of benzene rings is 3. The van der Waals surface area contributed by atoms with E-state index in [1.807, 2.05) is 31.2 Å². The number of hydrogen-bond acceptors (Lipinski definition) is 5. The second-order valence-electron chi connectivity index (χ2n) is 11.5. The molecule has 214 valence electrons. The number of amides is 1. The first-order valence-corrected chi connectivity index (χ1v) is 15.2. The van der Waals surface area contributed by atoms with Gasteiger partial charge in [0.15, 0.2) is 0 Å². The number of aryl methyl sites for hydroxylation is 1. The average molecular weight is 564 g/mol. The molecule has 0 aliphatic carbocycles. The predicted molar refractivity (Wildman–Crippen MR) is 159 cm³/mol. The summed E-state index contributed by atoms with van der Waals surface area (Å²) in [6.45, 7) is 11.8. The standard InChI is InChI=1S/C32H41N3O4S/c1-24-6-14-30(15-7-24)40(37,38)35-18-16-27-20-28(12-13-29(27)22-35)31(36)33-17-19-34(32(2,3)4)21-25-8-10-26(11-9-25)23-39-5/h6-15,20H,16-19,21-23H2,1-5H3,(H,33,36). The van der Waals surface area contributed by atoms with Gasteiger partial charge in [0.1, 0.15) is 0 Å². The van der Waals surface area contributed by atoms with E-state index in [1.165, 1.54) is 9.87 Å². The number of nitrogens with zero attached hydrogens (tertiary/aromatic N) is 2. The highest BCUT2D eigenvalue weighted by Crippen LogP contribution is 2.26. The van der Waals surface area contributed by atoms with Gasteiger partial charge in [-0.05, 0) is 80.6 Å². The molecule has 0 atom stereocenters. The molecule has 0 unspecified atom stereocenters. The van der Waals surface area contributed by atoms with E-state index in [1.54, 1.807) is 25.3 Å². The van der Waals surface area contributed by atoms with Crippen molar-refractivity contribution in [3.8, 4) is 0 Å². The Morgan fingerprint density at radius 3 is 2.30 bits per heavy atom. The zero-order chi connectivity index (χ0) is 28.9. The van der Waals surface area contributed by atoms with E-state index in [0.29, 0.717) is 49.7 Å². The maximum absolute atomic E-state index is 13.1. The molecule has 3 aromatic carbocycles. The van der Waals surface area contributed by atoms with Crippen molar-refractivity contribution in [3.05, 3.63) is 100 Å². The highest BCUT2D eigenvalue weighted by Gasteiger charge is 2.29. The number of nitrogens with one attached hydrogen (secondary N) is 1. The van der Waals surface area contributed by atoms with Crippen LogP contribution in [-0.4, -0.2) is 55.8 Å². The Hall–Kier alpha value is -3.04. The third kappa shape index (κ3) is 7.37. The Morgan fingerprint density at radius 1 is 0.975 bits per heavy atom. The van der Waals surface area contributed by atoms with E-state index in [2.05, 4.69) is 55.3 Å². The molecule has 1 amide bonds. The molecule has 1 aliphatic rings. The molecular formula is C32H41N3O4S. The number of fused-ring (bicyclic) bond motifs is 1. The van der Waals surface area contributed by atoms with Crippen LogP contribution in [0.3, 0.4) is 0 Å². The molecule has 40 heavy (non-hydrogen) atoms. The van der Waals surface area contributed by atoms with Gasteiger partial charge in [0.2, 0.25) is 10.0 Å². The first kappa shape index (κ1) is 29.9. The van der Waals surface area contributed by atoms with Crippen LogP contribution >= 0.6 is 0 Å². The molecule has 0 saturated carbocycles. The van der Waals surface area contributed by atoms with Crippen LogP contribution in [0.2, 0.25) is 0 Å². The van der Waals surface area contributed by atoms with E-state index in [0.717, 1.165) is 28.8 Å². The van der Waals surface area contributed by atoms with Gasteiger partial charge in [-0.25, -0.2) is 8.42 Å². The van der Waals surface area contributed by atoms with Crippen molar-refractivity contribution < 1.29 is 17.9 Å². The van der Waals surface area contributed by atoms with Crippen molar-refractivity contribution in [2.75, 3.05) is 26.7 Å². The maximum Gasteiger partial charge on any atom is 0.251 e. The fourth-order valence-corrected chi connectivity index (χ4v) is 6.34. The molecule has 0 aromatic heterocycles. The van der Waals surface area contributed by atoms with Crippen LogP contribution in [-0.2, 0) is 40.9 Å². The van der Waals surface area contributed by atoms with Crippen molar-refractivity contribution in [2.45, 2.75) is 64.2 Å². The highest BCUT2D eigenvalue weighted by atomic mass is 32.2. The van der Waals surface area contributed by atoms with Crippen molar-refractivity contribution in [1.29, 1.82) is 0 Å². The first-order valence-electron chi connectivity index (χ1n) is 13.8. The van der Waals surface area contributed by atoms with Crippen LogP contribution in [0, 0.1) is 6.92 Å². The molecule has 0 fully saturated rings. The predicted octanol–water partition coefficient (Wildman–Crippen LogP) is 4.92. The van der Waals surface area contributed by atoms with E-state index in [9.17, 15) is 13.2 Å². The van der Waals surface area contributed by atoms with Crippen LogP contribution in [0.25, 0.3) is 0 Å². The van der Waals surface area contributed by atoms with Crippen molar-refractivity contribution in [3.63, 3.8) is 0 Å². The summed E-state index contributed by atoms with van der Waals surface area (Å²) in [7, 11) is -1.87. The molecule has 1 heterocycles. The minimum Gasteiger partial charge on any atom is -0.380 e. The summed E-state index contributed by atoms with van der Waals surface area (Å²) < 4.78 is 33.0. The number of hydrogen-bond donors (Lipinski definition) is 1. The molecule has 8 heteroatoms. The maximum atomic E-state index is 13.1. The second kappa shape index (κ2) is 12.6. The highest BCUT2D eigenvalue weighted by molar-refractivity contribution is 7.89. The number of methoxy groups -OCH3 is 1. The minimum absolute atomic E-state index is 0.0630. The van der Waals surface area contributed by atoms with Crippen LogP contribution in [0.5, 0.6) is 0 Å². The SMILES string of the molecule is COCc1ccc(CN(CCNC(=O)c2ccc3c(c2)CCN(S(=O)(=O)c2ccc(C)cc2)C3)C(C)(C)C)cc1. The molecular weight excluding hydrogens is 522 g/mol. The van der Waals surface area contributed by atoms with Gasteiger partial charge < -0.3 is 10.1 Å². The quantitative estimate of drug-likeness (QED) is 0.379. The smallest absolute Gasteiger partial charge is 0.251 e. The number of carbonyl (C=O) groups is 1. The van der Waals surface area contributed by atoms with E-state index >= 15 is 0 Å². The summed E-state index contributed by atoms with van der Waals surface area (Å²) in [6.07, 6.45) is 0.572. The third-order valence-electron chi connectivity index (χ3n) is 7.43. The van der Waals surface area contributed by atoms with Crippen LogP contribution in [0.1, 0.15) is 58.9 Å². The summed E-state index contributed by atoms with van der Waals surface area (Å²) in [5.41, 5.74) is 5.88. The van der Waals surface area contributed by atoms with E-state index < -0.39 is 10.0 Å². The summed E-state index contributed by atoms with van der Waals surface area (Å²) in [6, 6.07) is 21.0. The van der Waals surface area contributed by atoms with Gasteiger partial charge >= 0.3 is 0 Å². The minimum atomic E-state index is -3.56. The molecule has 0 saturated heterocycles. The van der Waals surface area contributed by atoms with Gasteiger partial charge in [0.25, 0.3) is 5.91 Å². The molecule has 0 radical (unpaired) electrons. The third-order valence-corrected chi connectivity index (χ3v) is 9.29. The Labute approximate surface area is 239 Å². The Bertz CT molecular complexity index is 1410. The van der Waals surface area contributed by atoms with Gasteiger partial charge in [0.05, 0.1) is 11.5 Å². The fourth-order valence-electron chi connectivity index (χ4n) is 4.92. The van der Waals surface area contributed by atoms with Gasteiger partial charge in [-0.2, -0.15) is 4.31 Å². The molecule has 3 aromatic rings. The number of carbonyl (C=O) groups excluding carboxylic acids is 1. The van der Waals surface area contributed by atoms with Crippen LogP contribution < -0.4 is 5.32 Å². The monoisotopic (exact) mass is 563 g/mol. The number of sulfonamides is 1. The van der Waals surface area contributed by atoms with Gasteiger partial charge in [0, 0.05) is 50.9 Å². The van der Waals surface area contributed by atoms with Crippen molar-refractivity contribution in [1.82, 2.24) is 14.5 Å². The normalized spacial score (nSPS) is 14.2. The van der Waals surface area contributed by atoms with Gasteiger partial charge in [-0.3, -0.25) is 9.69 Å². The molecule has 1 aliphatic heterocycles. The largest absolute Gasteiger partial charge is 0.380 e. The molecule has 1 N–H and O–H groups in total. The van der Waals surface area contributed by atoms with Gasteiger partial charge in [-0.1, -0.05) is 48.0 Å². The molecule has 0 bridgehead atoms. The molecule has 4 rings (SSSR count). The Morgan fingerprint density at radius 2 is 1.65 bits per heavy atom. The van der Waals surface area contributed by atoms with Crippen LogP contribution in [0.4, 0.5) is 0 Å². The van der Waals surface area contributed by atoms with Gasteiger partial charge in [-0.15, -0.1) is 0 Å². The first-order chi connectivity index (χ1) is 19.0. The fraction of sp³-hybridized carbons (Fsp3) is 0.406. The summed E-state index contributed by atoms with van der Waals surface area (Å²) in [4.78, 5) is 15.7. The zero-order valence-electron chi connectivity index (χ0n) is 24.2. The zero-order valence-corrected chi connectivity index (χ0v) is 25.1. The Kier molecular flexibility index (Phi) is 9.46. The molecule has 0 spiro atoms. The number of ether oxygens (including phenoxy) is 1. The number of rotatable bonds is 10. The topological polar surface area (TPSA) is 79.0 Å². The van der Waals surface area contributed by atoms with E-state index in [-0.39, 0.29) is 11.4 Å². The summed E-state index contributed by atoms with van der Waals surface area (Å²) >= 11 is 0. The summed E-state index contributed by atoms with van der Waals surface area (Å²) in [5.74, 6) is -0.115. The Balaban J connectivity index is 1.35. The lowest BCUT2D eigenvalue weighted by molar-refractivity contribution is 0.0921. The van der Waals surface area contributed by atoms with Crippen molar-refractivity contribution in [2.24, 2.45) is 0 Å². The lowest BCUT2D eigenvalue weighted by Gasteiger charge is -2.36. The lowest BCUT2D eigenvalue weighted by atomic mass is 9.98. The lowest BCUT2D eigenvalue weighted by Crippen LogP contribution is -2.45. The average Bonchev–Trinajstić information content (AvgIpc) is 2.92. The molecule has 7 nitrogen and oxygen atoms in total. The van der Waals surface area contributed by atoms with Crippen LogP contribution in [0.15, 0.2) is 71.6 Å². The van der Waals surface area contributed by atoms with Crippen molar-refractivity contribution >= 4 is 15.9 Å².